The van der Waals surface area contributed by atoms with Crippen LogP contribution >= 0.6 is 0 Å². The quantitative estimate of drug-likeness (QED) is 0.353. The first-order valence-corrected chi connectivity index (χ1v) is 11.3. The molecule has 1 aliphatic heterocycles. The fourth-order valence-electron chi connectivity index (χ4n) is 4.17. The maximum absolute atomic E-state index is 13.9. The average molecular weight is 464 g/mol. The van der Waals surface area contributed by atoms with Crippen LogP contribution in [0.2, 0.25) is 0 Å². The molecule has 0 bridgehead atoms. The minimum atomic E-state index is -0.212. The second-order valence-electron chi connectivity index (χ2n) is 8.23. The minimum absolute atomic E-state index is 0.212. The van der Waals surface area contributed by atoms with Gasteiger partial charge >= 0.3 is 0 Å². The van der Waals surface area contributed by atoms with E-state index in [0.717, 1.165) is 53.9 Å². The van der Waals surface area contributed by atoms with Crippen LogP contribution in [0.15, 0.2) is 47.4 Å². The summed E-state index contributed by atoms with van der Waals surface area (Å²) in [6, 6.07) is 8.68. The molecule has 0 fully saturated rings. The smallest absolute Gasteiger partial charge is 0.162 e. The molecule has 0 radical (unpaired) electrons. The Balaban J connectivity index is 1.30. The first kappa shape index (κ1) is 22.1. The second-order valence-corrected chi connectivity index (χ2v) is 8.23. The molecule has 0 aliphatic carbocycles. The van der Waals surface area contributed by atoms with E-state index in [1.807, 2.05) is 19.1 Å². The van der Waals surface area contributed by atoms with Gasteiger partial charge in [0.1, 0.15) is 29.9 Å². The lowest BCUT2D eigenvalue weighted by Crippen LogP contribution is -2.20. The van der Waals surface area contributed by atoms with Gasteiger partial charge in [0.05, 0.1) is 19.2 Å². The van der Waals surface area contributed by atoms with Gasteiger partial charge in [0.15, 0.2) is 11.5 Å². The van der Waals surface area contributed by atoms with Crippen LogP contribution in [0.4, 0.5) is 15.9 Å². The van der Waals surface area contributed by atoms with E-state index in [1.165, 1.54) is 12.4 Å². The van der Waals surface area contributed by atoms with Crippen molar-refractivity contribution in [2.75, 3.05) is 25.6 Å². The van der Waals surface area contributed by atoms with Gasteiger partial charge < -0.3 is 19.3 Å². The van der Waals surface area contributed by atoms with Crippen molar-refractivity contribution in [1.29, 1.82) is 0 Å². The summed E-state index contributed by atoms with van der Waals surface area (Å²) in [6.07, 6.45) is 4.67. The van der Waals surface area contributed by atoms with Gasteiger partial charge in [-0.15, -0.1) is 0 Å². The van der Waals surface area contributed by atoms with Gasteiger partial charge in [0, 0.05) is 42.3 Å². The lowest BCUT2D eigenvalue weighted by molar-refractivity contribution is 0.226. The number of hydrogen-bond donors (Lipinski definition) is 1. The number of nitrogens with zero attached hydrogens (tertiary/aromatic N) is 4. The van der Waals surface area contributed by atoms with Crippen LogP contribution in [0.25, 0.3) is 10.9 Å². The molecule has 0 amide bonds. The van der Waals surface area contributed by atoms with Crippen LogP contribution in [0.3, 0.4) is 0 Å². The molecule has 2 aromatic heterocycles. The first-order chi connectivity index (χ1) is 16.6. The van der Waals surface area contributed by atoms with Crippen molar-refractivity contribution in [3.05, 3.63) is 65.6 Å². The van der Waals surface area contributed by atoms with E-state index in [-0.39, 0.29) is 5.82 Å². The Morgan fingerprint density at radius 2 is 2.06 bits per heavy atom. The van der Waals surface area contributed by atoms with E-state index < -0.39 is 0 Å². The third-order valence-electron chi connectivity index (χ3n) is 5.98. The molecular formula is C25H26FN5O3. The zero-order chi connectivity index (χ0) is 23.5. The van der Waals surface area contributed by atoms with Crippen LogP contribution in [0, 0.1) is 5.82 Å². The van der Waals surface area contributed by atoms with Crippen molar-refractivity contribution in [1.82, 2.24) is 20.0 Å². The number of hydrogen-bond acceptors (Lipinski definition) is 8. The lowest BCUT2D eigenvalue weighted by atomic mass is 10.1. The Bertz CT molecular complexity index is 1290. The third-order valence-corrected chi connectivity index (χ3v) is 5.98. The zero-order valence-electron chi connectivity index (χ0n) is 19.2. The van der Waals surface area contributed by atoms with E-state index in [2.05, 4.69) is 25.3 Å². The summed E-state index contributed by atoms with van der Waals surface area (Å²) in [6.45, 7) is 5.02. The number of nitrogens with one attached hydrogen (secondary N) is 1. The Hall–Kier alpha value is -3.72. The summed E-state index contributed by atoms with van der Waals surface area (Å²) in [4.78, 5) is 11.1. The SMILES string of the molecule is CCc1cc(Nc2ncnc3cc(OC)c(OCCCN4Cc5conc5C4)cc23)ccc1F. The number of aryl methyl sites for hydroxylation is 1. The highest BCUT2D eigenvalue weighted by Gasteiger charge is 2.21. The molecule has 34 heavy (non-hydrogen) atoms. The molecule has 0 saturated heterocycles. The van der Waals surface area contributed by atoms with E-state index in [4.69, 9.17) is 14.0 Å². The predicted molar refractivity (Wildman–Crippen MR) is 126 cm³/mol. The highest BCUT2D eigenvalue weighted by Crippen LogP contribution is 2.35. The summed E-state index contributed by atoms with van der Waals surface area (Å²) >= 11 is 0. The largest absolute Gasteiger partial charge is 0.493 e. The number of ether oxygens (including phenoxy) is 2. The maximum Gasteiger partial charge on any atom is 0.162 e. The average Bonchev–Trinajstić information content (AvgIpc) is 3.45. The summed E-state index contributed by atoms with van der Waals surface area (Å²) < 4.78 is 30.5. The van der Waals surface area contributed by atoms with Crippen LogP contribution in [-0.4, -0.2) is 40.3 Å². The highest BCUT2D eigenvalue weighted by molar-refractivity contribution is 5.93. The minimum Gasteiger partial charge on any atom is -0.493 e. The van der Waals surface area contributed by atoms with Crippen LogP contribution in [0.1, 0.15) is 30.2 Å². The molecule has 4 aromatic rings. The molecule has 1 N–H and O–H groups in total. The van der Waals surface area contributed by atoms with Crippen LogP contribution in [-0.2, 0) is 19.5 Å². The van der Waals surface area contributed by atoms with E-state index in [1.54, 1.807) is 25.5 Å². The molecular weight excluding hydrogens is 437 g/mol. The first-order valence-electron chi connectivity index (χ1n) is 11.3. The standard InChI is InChI=1S/C25H26FN5O3/c1-3-16-9-18(5-6-20(16)26)29-25-19-10-24(23(32-2)11-21(19)27-15-28-25)33-8-4-7-31-12-17-14-34-30-22(17)13-31/h5-6,9-11,14-15H,3-4,7-8,12-13H2,1-2H3,(H,27,28,29). The Labute approximate surface area is 196 Å². The number of rotatable bonds is 9. The fraction of sp³-hybridized carbons (Fsp3) is 0.320. The molecule has 0 atom stereocenters. The normalized spacial score (nSPS) is 13.3. The molecule has 3 heterocycles. The van der Waals surface area contributed by atoms with E-state index >= 15 is 0 Å². The number of methoxy groups -OCH3 is 1. The molecule has 1 aliphatic rings. The van der Waals surface area contributed by atoms with Gasteiger partial charge in [-0.2, -0.15) is 0 Å². The van der Waals surface area contributed by atoms with Crippen LogP contribution in [0.5, 0.6) is 11.5 Å². The zero-order valence-corrected chi connectivity index (χ0v) is 19.2. The summed E-state index contributed by atoms with van der Waals surface area (Å²) in [5, 5.41) is 8.11. The molecule has 2 aromatic carbocycles. The van der Waals surface area contributed by atoms with Crippen molar-refractivity contribution < 1.29 is 18.4 Å². The van der Waals surface area contributed by atoms with Gasteiger partial charge in [-0.05, 0) is 42.7 Å². The van der Waals surface area contributed by atoms with Gasteiger partial charge in [0.2, 0.25) is 0 Å². The predicted octanol–water partition coefficient (Wildman–Crippen LogP) is 4.86. The van der Waals surface area contributed by atoms with E-state index in [9.17, 15) is 4.39 Å². The highest BCUT2D eigenvalue weighted by atomic mass is 19.1. The third kappa shape index (κ3) is 4.51. The Morgan fingerprint density at radius 1 is 1.15 bits per heavy atom. The van der Waals surface area contributed by atoms with Gasteiger partial charge in [-0.1, -0.05) is 12.1 Å². The number of aromatic nitrogens is 3. The summed E-state index contributed by atoms with van der Waals surface area (Å²) in [5.41, 5.74) is 4.30. The van der Waals surface area contributed by atoms with Crippen molar-refractivity contribution in [2.45, 2.75) is 32.9 Å². The van der Waals surface area contributed by atoms with Gasteiger partial charge in [-0.25, -0.2) is 14.4 Å². The Kier molecular flexibility index (Phi) is 6.27. The molecule has 9 heteroatoms. The number of fused-ring (bicyclic) bond motifs is 2. The number of halogens is 1. The second kappa shape index (κ2) is 9.64. The Morgan fingerprint density at radius 3 is 2.88 bits per heavy atom. The monoisotopic (exact) mass is 463 g/mol. The van der Waals surface area contributed by atoms with Gasteiger partial charge in [0.25, 0.3) is 0 Å². The fourth-order valence-corrected chi connectivity index (χ4v) is 4.17. The molecule has 8 nitrogen and oxygen atoms in total. The summed E-state index contributed by atoms with van der Waals surface area (Å²) in [5.74, 6) is 1.64. The van der Waals surface area contributed by atoms with Gasteiger partial charge in [-0.3, -0.25) is 4.90 Å². The molecule has 176 valence electrons. The number of benzene rings is 2. The van der Waals surface area contributed by atoms with Crippen molar-refractivity contribution in [3.63, 3.8) is 0 Å². The lowest BCUT2D eigenvalue weighted by Gasteiger charge is -2.16. The van der Waals surface area contributed by atoms with Crippen molar-refractivity contribution in [3.8, 4) is 11.5 Å². The number of anilines is 2. The maximum atomic E-state index is 13.9. The van der Waals surface area contributed by atoms with Crippen LogP contribution < -0.4 is 14.8 Å². The molecule has 0 unspecified atom stereocenters. The molecule has 0 spiro atoms. The summed E-state index contributed by atoms with van der Waals surface area (Å²) in [7, 11) is 1.61. The topological polar surface area (TPSA) is 85.5 Å². The van der Waals surface area contributed by atoms with Crippen molar-refractivity contribution >= 4 is 22.4 Å². The van der Waals surface area contributed by atoms with E-state index in [0.29, 0.717) is 35.9 Å². The molecule has 5 rings (SSSR count). The van der Waals surface area contributed by atoms with Crippen molar-refractivity contribution in [2.24, 2.45) is 0 Å². The molecule has 0 saturated carbocycles.